The van der Waals surface area contributed by atoms with Crippen molar-refractivity contribution in [1.29, 1.82) is 0 Å². The fourth-order valence-corrected chi connectivity index (χ4v) is 2.65. The molecule has 0 saturated heterocycles. The maximum Gasteiger partial charge on any atom is 0.124 e. The molecular formula is C15H22BrNO. The molecule has 1 aliphatic carbocycles. The minimum Gasteiger partial charge on any atom is -0.493 e. The van der Waals surface area contributed by atoms with E-state index >= 15 is 0 Å². The van der Waals surface area contributed by atoms with E-state index in [1.807, 2.05) is 0 Å². The molecule has 2 rings (SSSR count). The Bertz CT molecular complexity index is 390. The molecule has 1 fully saturated rings. The SMILES string of the molecule is CCNC(C)c1cc(Br)ccc1OCC1CCC1. The van der Waals surface area contributed by atoms with E-state index in [0.717, 1.165) is 29.3 Å². The lowest BCUT2D eigenvalue weighted by Gasteiger charge is -2.26. The number of halogens is 1. The first-order valence-electron chi connectivity index (χ1n) is 6.86. The maximum atomic E-state index is 6.00. The maximum absolute atomic E-state index is 6.00. The molecule has 3 heteroatoms. The van der Waals surface area contributed by atoms with E-state index in [1.165, 1.54) is 24.8 Å². The van der Waals surface area contributed by atoms with Crippen LogP contribution in [0.4, 0.5) is 0 Å². The zero-order valence-corrected chi connectivity index (χ0v) is 12.8. The summed E-state index contributed by atoms with van der Waals surface area (Å²) in [6, 6.07) is 6.61. The Hall–Kier alpha value is -0.540. The normalized spacial score (nSPS) is 17.3. The van der Waals surface area contributed by atoms with Gasteiger partial charge >= 0.3 is 0 Å². The van der Waals surface area contributed by atoms with Crippen molar-refractivity contribution >= 4 is 15.9 Å². The van der Waals surface area contributed by atoms with Gasteiger partial charge in [0.25, 0.3) is 0 Å². The first-order valence-corrected chi connectivity index (χ1v) is 7.65. The fraction of sp³-hybridized carbons (Fsp3) is 0.600. The van der Waals surface area contributed by atoms with Crippen LogP contribution < -0.4 is 10.1 Å². The van der Waals surface area contributed by atoms with Crippen LogP contribution >= 0.6 is 15.9 Å². The molecule has 1 atom stereocenters. The summed E-state index contributed by atoms with van der Waals surface area (Å²) < 4.78 is 7.11. The monoisotopic (exact) mass is 311 g/mol. The average Bonchev–Trinajstić information content (AvgIpc) is 2.29. The number of hydrogen-bond acceptors (Lipinski definition) is 2. The number of ether oxygens (including phenoxy) is 1. The van der Waals surface area contributed by atoms with Crippen LogP contribution in [0.5, 0.6) is 5.75 Å². The summed E-state index contributed by atoms with van der Waals surface area (Å²) in [4.78, 5) is 0. The number of hydrogen-bond donors (Lipinski definition) is 1. The quantitative estimate of drug-likeness (QED) is 0.845. The minimum absolute atomic E-state index is 0.323. The molecule has 0 radical (unpaired) electrons. The van der Waals surface area contributed by atoms with Crippen LogP contribution in [0.3, 0.4) is 0 Å². The summed E-state index contributed by atoms with van der Waals surface area (Å²) >= 11 is 3.54. The molecular weight excluding hydrogens is 290 g/mol. The summed E-state index contributed by atoms with van der Waals surface area (Å²) in [5.74, 6) is 1.80. The summed E-state index contributed by atoms with van der Waals surface area (Å²) in [6.07, 6.45) is 4.03. The summed E-state index contributed by atoms with van der Waals surface area (Å²) in [5.41, 5.74) is 1.24. The Labute approximate surface area is 118 Å². The molecule has 0 aromatic heterocycles. The highest BCUT2D eigenvalue weighted by Crippen LogP contribution is 2.31. The van der Waals surface area contributed by atoms with Gasteiger partial charge in [0.05, 0.1) is 6.61 Å². The Kier molecular flexibility index (Phi) is 5.07. The van der Waals surface area contributed by atoms with Crippen molar-refractivity contribution in [1.82, 2.24) is 5.32 Å². The zero-order valence-electron chi connectivity index (χ0n) is 11.2. The van der Waals surface area contributed by atoms with Gasteiger partial charge in [-0.1, -0.05) is 29.3 Å². The van der Waals surface area contributed by atoms with Crippen molar-refractivity contribution in [3.05, 3.63) is 28.2 Å². The molecule has 1 N–H and O–H groups in total. The highest BCUT2D eigenvalue weighted by atomic mass is 79.9. The lowest BCUT2D eigenvalue weighted by Crippen LogP contribution is -2.22. The van der Waals surface area contributed by atoms with Gasteiger partial charge in [0.15, 0.2) is 0 Å². The molecule has 1 unspecified atom stereocenters. The zero-order chi connectivity index (χ0) is 13.0. The van der Waals surface area contributed by atoms with Gasteiger partial charge in [-0.2, -0.15) is 0 Å². The van der Waals surface area contributed by atoms with Crippen molar-refractivity contribution in [3.8, 4) is 5.75 Å². The van der Waals surface area contributed by atoms with Crippen molar-refractivity contribution in [2.45, 2.75) is 39.2 Å². The second kappa shape index (κ2) is 6.58. The van der Waals surface area contributed by atoms with E-state index in [4.69, 9.17) is 4.74 Å². The molecule has 0 amide bonds. The largest absolute Gasteiger partial charge is 0.493 e. The van der Waals surface area contributed by atoms with Gasteiger partial charge in [0, 0.05) is 16.1 Å². The van der Waals surface area contributed by atoms with E-state index in [9.17, 15) is 0 Å². The van der Waals surface area contributed by atoms with Crippen LogP contribution in [-0.4, -0.2) is 13.2 Å². The summed E-state index contributed by atoms with van der Waals surface area (Å²) in [5, 5.41) is 3.44. The van der Waals surface area contributed by atoms with Crippen LogP contribution in [0, 0.1) is 5.92 Å². The number of rotatable bonds is 6. The van der Waals surface area contributed by atoms with E-state index in [2.05, 4.69) is 53.3 Å². The van der Waals surface area contributed by atoms with Crippen molar-refractivity contribution in [2.75, 3.05) is 13.2 Å². The smallest absolute Gasteiger partial charge is 0.124 e. The third-order valence-corrected chi connectivity index (χ3v) is 4.14. The van der Waals surface area contributed by atoms with Gasteiger partial charge in [-0.05, 0) is 50.4 Å². The number of nitrogens with one attached hydrogen (secondary N) is 1. The molecule has 1 aromatic rings. The Morgan fingerprint density at radius 3 is 2.83 bits per heavy atom. The molecule has 1 saturated carbocycles. The van der Waals surface area contributed by atoms with E-state index in [0.29, 0.717) is 6.04 Å². The van der Waals surface area contributed by atoms with Gasteiger partial charge in [0.2, 0.25) is 0 Å². The second-order valence-corrected chi connectivity index (χ2v) is 5.99. The fourth-order valence-electron chi connectivity index (χ4n) is 2.27. The van der Waals surface area contributed by atoms with Gasteiger partial charge in [0.1, 0.15) is 5.75 Å². The second-order valence-electron chi connectivity index (χ2n) is 5.07. The molecule has 18 heavy (non-hydrogen) atoms. The highest BCUT2D eigenvalue weighted by molar-refractivity contribution is 9.10. The van der Waals surface area contributed by atoms with E-state index in [1.54, 1.807) is 0 Å². The van der Waals surface area contributed by atoms with Gasteiger partial charge in [-0.15, -0.1) is 0 Å². The van der Waals surface area contributed by atoms with Crippen LogP contribution in [0.15, 0.2) is 22.7 Å². The van der Waals surface area contributed by atoms with Gasteiger partial charge in [-0.3, -0.25) is 0 Å². The molecule has 100 valence electrons. The van der Waals surface area contributed by atoms with Crippen LogP contribution in [0.25, 0.3) is 0 Å². The third kappa shape index (κ3) is 3.48. The first-order chi connectivity index (χ1) is 8.70. The topological polar surface area (TPSA) is 21.3 Å². The van der Waals surface area contributed by atoms with Gasteiger partial charge in [-0.25, -0.2) is 0 Å². The molecule has 0 spiro atoms. The molecule has 0 aliphatic heterocycles. The lowest BCUT2D eigenvalue weighted by atomic mass is 9.86. The lowest BCUT2D eigenvalue weighted by molar-refractivity contribution is 0.178. The molecule has 1 aliphatic rings. The summed E-state index contributed by atoms with van der Waals surface area (Å²) in [6.45, 7) is 6.15. The molecule has 0 heterocycles. The van der Waals surface area contributed by atoms with Gasteiger partial charge < -0.3 is 10.1 Å². The minimum atomic E-state index is 0.323. The Balaban J connectivity index is 2.06. The van der Waals surface area contributed by atoms with E-state index in [-0.39, 0.29) is 0 Å². The average molecular weight is 312 g/mol. The first kappa shape index (κ1) is 13.9. The Morgan fingerprint density at radius 2 is 2.22 bits per heavy atom. The molecule has 1 aromatic carbocycles. The highest BCUT2D eigenvalue weighted by Gasteiger charge is 2.19. The van der Waals surface area contributed by atoms with Crippen molar-refractivity contribution in [2.24, 2.45) is 5.92 Å². The molecule has 0 bridgehead atoms. The van der Waals surface area contributed by atoms with E-state index < -0.39 is 0 Å². The van der Waals surface area contributed by atoms with Crippen LogP contribution in [0.1, 0.15) is 44.7 Å². The van der Waals surface area contributed by atoms with Crippen LogP contribution in [0.2, 0.25) is 0 Å². The Morgan fingerprint density at radius 1 is 1.44 bits per heavy atom. The van der Waals surface area contributed by atoms with Crippen LogP contribution in [-0.2, 0) is 0 Å². The predicted molar refractivity (Wildman–Crippen MR) is 79.1 cm³/mol. The van der Waals surface area contributed by atoms with Crippen molar-refractivity contribution < 1.29 is 4.74 Å². The molecule has 2 nitrogen and oxygen atoms in total. The standard InChI is InChI=1S/C15H22BrNO/c1-3-17-11(2)14-9-13(16)7-8-15(14)18-10-12-5-4-6-12/h7-9,11-12,17H,3-6,10H2,1-2H3. The third-order valence-electron chi connectivity index (χ3n) is 3.65. The predicted octanol–water partition coefficient (Wildman–Crippen LogP) is 4.30. The summed E-state index contributed by atoms with van der Waals surface area (Å²) in [7, 11) is 0. The number of benzene rings is 1. The van der Waals surface area contributed by atoms with Crippen molar-refractivity contribution in [3.63, 3.8) is 0 Å².